The van der Waals surface area contributed by atoms with E-state index in [4.69, 9.17) is 0 Å². The number of carbonyl (C=O) groups excluding carboxylic acids is 1. The summed E-state index contributed by atoms with van der Waals surface area (Å²) >= 11 is 0. The minimum Gasteiger partial charge on any atom is -0.508 e. The number of rotatable bonds is 3. The molecule has 4 heteroatoms. The maximum Gasteiger partial charge on any atom is 0.225 e. The van der Waals surface area contributed by atoms with Gasteiger partial charge in [-0.15, -0.1) is 0 Å². The lowest BCUT2D eigenvalue weighted by molar-refractivity contribution is -0.138. The van der Waals surface area contributed by atoms with Gasteiger partial charge < -0.3 is 10.0 Å². The van der Waals surface area contributed by atoms with Crippen molar-refractivity contribution in [2.24, 2.45) is 11.8 Å². The first-order valence-electron chi connectivity index (χ1n) is 8.91. The molecule has 2 saturated heterocycles. The van der Waals surface area contributed by atoms with E-state index in [0.29, 0.717) is 17.6 Å². The fourth-order valence-electron chi connectivity index (χ4n) is 3.87. The number of phenolic OH excluding ortho intramolecular Hbond substituents is 1. The molecule has 0 aliphatic carbocycles. The van der Waals surface area contributed by atoms with E-state index in [0.717, 1.165) is 57.5 Å². The van der Waals surface area contributed by atoms with E-state index < -0.39 is 0 Å². The number of piperidine rings is 2. The quantitative estimate of drug-likeness (QED) is 0.932. The number of amides is 1. The highest BCUT2D eigenvalue weighted by molar-refractivity contribution is 5.79. The largest absolute Gasteiger partial charge is 0.508 e. The van der Waals surface area contributed by atoms with E-state index in [1.54, 1.807) is 6.07 Å². The fraction of sp³-hybridized carbons (Fsp3) is 0.632. The Balaban J connectivity index is 1.50. The number of hydrogen-bond donors (Lipinski definition) is 1. The predicted molar refractivity (Wildman–Crippen MR) is 91.1 cm³/mol. The number of hydrogen-bond acceptors (Lipinski definition) is 3. The minimum absolute atomic E-state index is 0.195. The molecule has 0 aromatic heterocycles. The van der Waals surface area contributed by atoms with Crippen LogP contribution >= 0.6 is 0 Å². The van der Waals surface area contributed by atoms with Gasteiger partial charge in [-0.2, -0.15) is 0 Å². The smallest absolute Gasteiger partial charge is 0.225 e. The van der Waals surface area contributed by atoms with Crippen molar-refractivity contribution < 1.29 is 9.90 Å². The van der Waals surface area contributed by atoms with Gasteiger partial charge in [0.1, 0.15) is 5.75 Å². The lowest BCUT2D eigenvalue weighted by Crippen LogP contribution is -2.45. The van der Waals surface area contributed by atoms with Crippen molar-refractivity contribution in [1.29, 1.82) is 0 Å². The second-order valence-corrected chi connectivity index (χ2v) is 7.21. The van der Waals surface area contributed by atoms with Crippen LogP contribution in [0.3, 0.4) is 0 Å². The van der Waals surface area contributed by atoms with Crippen LogP contribution < -0.4 is 0 Å². The number of para-hydroxylation sites is 1. The van der Waals surface area contributed by atoms with Gasteiger partial charge in [0.05, 0.1) is 0 Å². The molecule has 0 unspecified atom stereocenters. The molecule has 1 N–H and O–H groups in total. The first-order chi connectivity index (χ1) is 11.1. The predicted octanol–water partition coefficient (Wildman–Crippen LogP) is 2.86. The molecule has 1 atom stereocenters. The van der Waals surface area contributed by atoms with Crippen molar-refractivity contribution in [3.8, 4) is 5.75 Å². The van der Waals surface area contributed by atoms with Crippen LogP contribution in [0.2, 0.25) is 0 Å². The fourth-order valence-corrected chi connectivity index (χ4v) is 3.87. The average Bonchev–Trinajstić information content (AvgIpc) is 2.57. The van der Waals surface area contributed by atoms with Crippen molar-refractivity contribution in [3.05, 3.63) is 29.8 Å². The molecule has 2 aliphatic rings. The van der Waals surface area contributed by atoms with E-state index in [2.05, 4.69) is 16.7 Å². The third kappa shape index (κ3) is 4.05. The molecule has 1 aromatic rings. The highest BCUT2D eigenvalue weighted by Crippen LogP contribution is 2.25. The average molecular weight is 316 g/mol. The van der Waals surface area contributed by atoms with E-state index in [9.17, 15) is 9.90 Å². The van der Waals surface area contributed by atoms with Crippen molar-refractivity contribution in [1.82, 2.24) is 9.80 Å². The van der Waals surface area contributed by atoms with Gasteiger partial charge in [0.2, 0.25) is 5.91 Å². The highest BCUT2D eigenvalue weighted by atomic mass is 16.3. The summed E-state index contributed by atoms with van der Waals surface area (Å²) in [7, 11) is 0. The zero-order valence-electron chi connectivity index (χ0n) is 14.1. The number of benzene rings is 1. The molecule has 126 valence electrons. The van der Waals surface area contributed by atoms with Crippen LogP contribution in [0.25, 0.3) is 0 Å². The van der Waals surface area contributed by atoms with Gasteiger partial charge in [-0.05, 0) is 50.8 Å². The third-order valence-corrected chi connectivity index (χ3v) is 5.29. The molecule has 2 aliphatic heterocycles. The van der Waals surface area contributed by atoms with E-state index in [-0.39, 0.29) is 5.92 Å². The third-order valence-electron chi connectivity index (χ3n) is 5.29. The molecule has 1 amide bonds. The Morgan fingerprint density at radius 2 is 1.91 bits per heavy atom. The van der Waals surface area contributed by atoms with Gasteiger partial charge in [0, 0.05) is 31.1 Å². The van der Waals surface area contributed by atoms with Gasteiger partial charge >= 0.3 is 0 Å². The van der Waals surface area contributed by atoms with Gasteiger partial charge in [-0.25, -0.2) is 0 Å². The maximum absolute atomic E-state index is 12.7. The summed E-state index contributed by atoms with van der Waals surface area (Å²) in [6.07, 6.45) is 4.29. The molecule has 0 bridgehead atoms. The highest BCUT2D eigenvalue weighted by Gasteiger charge is 2.30. The Morgan fingerprint density at radius 1 is 1.17 bits per heavy atom. The standard InChI is InChI=1S/C19H28N2O2/c1-15-5-4-10-21(13-15)19(23)16-8-11-20(12-9-16)14-17-6-2-3-7-18(17)22/h2-3,6-7,15-16,22H,4-5,8-14H2,1H3/t15-/m1/s1. The van der Waals surface area contributed by atoms with Crippen LogP contribution in [-0.4, -0.2) is 47.0 Å². The van der Waals surface area contributed by atoms with Crippen LogP contribution in [-0.2, 0) is 11.3 Å². The van der Waals surface area contributed by atoms with E-state index >= 15 is 0 Å². The zero-order valence-corrected chi connectivity index (χ0v) is 14.1. The van der Waals surface area contributed by atoms with Crippen molar-refractivity contribution >= 4 is 5.91 Å². The van der Waals surface area contributed by atoms with Crippen LogP contribution in [0.4, 0.5) is 0 Å². The van der Waals surface area contributed by atoms with Gasteiger partial charge in [0.25, 0.3) is 0 Å². The summed E-state index contributed by atoms with van der Waals surface area (Å²) in [6.45, 7) is 6.78. The van der Waals surface area contributed by atoms with Crippen molar-refractivity contribution in [2.45, 2.75) is 39.2 Å². The lowest BCUT2D eigenvalue weighted by Gasteiger charge is -2.37. The SMILES string of the molecule is C[C@@H]1CCCN(C(=O)C2CCN(Cc3ccccc3O)CC2)C1. The molecule has 3 rings (SSSR count). The molecule has 4 nitrogen and oxygen atoms in total. The number of carbonyl (C=O) groups is 1. The van der Waals surface area contributed by atoms with Crippen molar-refractivity contribution in [3.63, 3.8) is 0 Å². The van der Waals surface area contributed by atoms with Crippen molar-refractivity contribution in [2.75, 3.05) is 26.2 Å². The van der Waals surface area contributed by atoms with Crippen LogP contribution in [0.1, 0.15) is 38.2 Å². The summed E-state index contributed by atoms with van der Waals surface area (Å²) in [5.74, 6) is 1.58. The summed E-state index contributed by atoms with van der Waals surface area (Å²) < 4.78 is 0. The van der Waals surface area contributed by atoms with Gasteiger partial charge in [-0.1, -0.05) is 25.1 Å². The number of phenols is 1. The summed E-state index contributed by atoms with van der Waals surface area (Å²) in [4.78, 5) is 17.1. The van der Waals surface area contributed by atoms with Crippen LogP contribution in [0.15, 0.2) is 24.3 Å². The number of likely N-dealkylation sites (tertiary alicyclic amines) is 2. The molecular weight excluding hydrogens is 288 g/mol. The molecule has 0 saturated carbocycles. The van der Waals surface area contributed by atoms with E-state index in [1.807, 2.05) is 18.2 Å². The second kappa shape index (κ2) is 7.35. The molecule has 0 spiro atoms. The minimum atomic E-state index is 0.195. The van der Waals surface area contributed by atoms with E-state index in [1.165, 1.54) is 6.42 Å². The Labute approximate surface area is 139 Å². The Kier molecular flexibility index (Phi) is 5.21. The second-order valence-electron chi connectivity index (χ2n) is 7.21. The van der Waals surface area contributed by atoms with Gasteiger partial charge in [-0.3, -0.25) is 9.69 Å². The summed E-state index contributed by atoms with van der Waals surface area (Å²) in [5.41, 5.74) is 0.974. The monoisotopic (exact) mass is 316 g/mol. The Bertz CT molecular complexity index is 538. The first-order valence-corrected chi connectivity index (χ1v) is 8.91. The van der Waals surface area contributed by atoms with Crippen LogP contribution in [0.5, 0.6) is 5.75 Å². The summed E-state index contributed by atoms with van der Waals surface area (Å²) in [5, 5.41) is 9.89. The molecule has 2 fully saturated rings. The lowest BCUT2D eigenvalue weighted by atomic mass is 9.92. The topological polar surface area (TPSA) is 43.8 Å². The number of aromatic hydroxyl groups is 1. The van der Waals surface area contributed by atoms with Gasteiger partial charge in [0.15, 0.2) is 0 Å². The number of nitrogens with zero attached hydrogens (tertiary/aromatic N) is 2. The first kappa shape index (κ1) is 16.3. The maximum atomic E-state index is 12.7. The Hall–Kier alpha value is -1.55. The summed E-state index contributed by atoms with van der Waals surface area (Å²) in [6, 6.07) is 7.52. The molecular formula is C19H28N2O2. The zero-order chi connectivity index (χ0) is 16.2. The van der Waals surface area contributed by atoms with Crippen LogP contribution in [0, 0.1) is 11.8 Å². The molecule has 23 heavy (non-hydrogen) atoms. The molecule has 0 radical (unpaired) electrons. The molecule has 1 aromatic carbocycles. The Morgan fingerprint density at radius 3 is 2.61 bits per heavy atom. The molecule has 2 heterocycles. The normalized spacial score (nSPS) is 23.9.